The van der Waals surface area contributed by atoms with E-state index in [1.165, 1.54) is 23.1 Å². The molecule has 0 aliphatic carbocycles. The van der Waals surface area contributed by atoms with Crippen molar-refractivity contribution in [1.82, 2.24) is 10.2 Å². The van der Waals surface area contributed by atoms with Gasteiger partial charge in [-0.1, -0.05) is 53.4 Å². The Bertz CT molecular complexity index is 940. The molecule has 1 aliphatic heterocycles. The second-order valence-electron chi connectivity index (χ2n) is 6.26. The van der Waals surface area contributed by atoms with Gasteiger partial charge in [0.1, 0.15) is 0 Å². The maximum absolute atomic E-state index is 12.6. The normalized spacial score (nSPS) is 15.7. The van der Waals surface area contributed by atoms with Crippen molar-refractivity contribution in [1.29, 1.82) is 0 Å². The van der Waals surface area contributed by atoms with Crippen LogP contribution in [0.25, 0.3) is 10.8 Å². The first-order chi connectivity index (χ1) is 13.2. The second kappa shape index (κ2) is 8.24. The van der Waals surface area contributed by atoms with Gasteiger partial charge in [0.2, 0.25) is 11.0 Å². The minimum Gasteiger partial charge on any atom is -0.378 e. The summed E-state index contributed by atoms with van der Waals surface area (Å²) in [4.78, 5) is 14.7. The molecule has 0 radical (unpaired) electrons. The third-order valence-electron chi connectivity index (χ3n) is 4.34. The number of hydrogen-bond donors (Lipinski definition) is 1. The Morgan fingerprint density at radius 3 is 2.78 bits per heavy atom. The molecule has 8 heteroatoms. The van der Waals surface area contributed by atoms with Crippen molar-refractivity contribution in [2.24, 2.45) is 0 Å². The lowest BCUT2D eigenvalue weighted by molar-refractivity contribution is -0.115. The third kappa shape index (κ3) is 4.40. The van der Waals surface area contributed by atoms with Crippen molar-refractivity contribution >= 4 is 50.6 Å². The van der Waals surface area contributed by atoms with Gasteiger partial charge in [0.25, 0.3) is 0 Å². The highest BCUT2D eigenvalue weighted by molar-refractivity contribution is 8.02. The number of amides is 1. The predicted octanol–water partition coefficient (Wildman–Crippen LogP) is 3.65. The Morgan fingerprint density at radius 1 is 1.19 bits per heavy atom. The molecule has 1 saturated heterocycles. The summed E-state index contributed by atoms with van der Waals surface area (Å²) < 4.78 is 6.17. The van der Waals surface area contributed by atoms with Crippen LogP contribution in [0.5, 0.6) is 0 Å². The number of nitrogens with zero attached hydrogens (tertiary/aromatic N) is 3. The van der Waals surface area contributed by atoms with Gasteiger partial charge in [0, 0.05) is 18.8 Å². The number of morpholine rings is 1. The van der Waals surface area contributed by atoms with Crippen LogP contribution in [0, 0.1) is 0 Å². The fourth-order valence-electron chi connectivity index (χ4n) is 2.85. The lowest BCUT2D eigenvalue weighted by Gasteiger charge is -2.25. The number of fused-ring (bicyclic) bond motifs is 1. The summed E-state index contributed by atoms with van der Waals surface area (Å²) in [6.45, 7) is 4.98. The van der Waals surface area contributed by atoms with Gasteiger partial charge in [-0.25, -0.2) is 0 Å². The van der Waals surface area contributed by atoms with E-state index in [2.05, 4.69) is 26.5 Å². The highest BCUT2D eigenvalue weighted by atomic mass is 32.2. The number of hydrogen-bond acceptors (Lipinski definition) is 7. The zero-order valence-corrected chi connectivity index (χ0v) is 16.6. The molecule has 27 heavy (non-hydrogen) atoms. The van der Waals surface area contributed by atoms with Gasteiger partial charge in [-0.3, -0.25) is 4.79 Å². The maximum Gasteiger partial charge on any atom is 0.237 e. The summed E-state index contributed by atoms with van der Waals surface area (Å²) in [6, 6.07) is 14.0. The summed E-state index contributed by atoms with van der Waals surface area (Å²) in [5.41, 5.74) is 0.803. The smallest absolute Gasteiger partial charge is 0.237 e. The van der Waals surface area contributed by atoms with Crippen molar-refractivity contribution in [3.8, 4) is 0 Å². The summed E-state index contributed by atoms with van der Waals surface area (Å²) in [7, 11) is 0. The molecule has 1 atom stereocenters. The fraction of sp³-hybridized carbons (Fsp3) is 0.316. The molecule has 1 N–H and O–H groups in total. The molecule has 2 aromatic carbocycles. The fourth-order valence-corrected chi connectivity index (χ4v) is 4.88. The minimum atomic E-state index is -0.262. The molecule has 2 heterocycles. The number of rotatable bonds is 5. The number of aromatic nitrogens is 2. The zero-order valence-electron chi connectivity index (χ0n) is 14.9. The number of nitrogens with one attached hydrogen (secondary N) is 1. The molecular weight excluding hydrogens is 380 g/mol. The first-order valence-electron chi connectivity index (χ1n) is 8.81. The van der Waals surface area contributed by atoms with Gasteiger partial charge in [-0.15, -0.1) is 10.2 Å². The van der Waals surface area contributed by atoms with E-state index in [9.17, 15) is 4.79 Å². The first kappa shape index (κ1) is 18.2. The van der Waals surface area contributed by atoms with E-state index in [0.717, 1.165) is 39.0 Å². The topological polar surface area (TPSA) is 67.3 Å². The van der Waals surface area contributed by atoms with Crippen LogP contribution in [0.2, 0.25) is 0 Å². The molecule has 0 saturated carbocycles. The van der Waals surface area contributed by atoms with Crippen molar-refractivity contribution in [3.05, 3.63) is 42.5 Å². The van der Waals surface area contributed by atoms with E-state index in [1.54, 1.807) is 0 Å². The molecule has 1 amide bonds. The molecule has 1 fully saturated rings. The lowest BCUT2D eigenvalue weighted by Crippen LogP contribution is -2.36. The molecule has 1 unspecified atom stereocenters. The quantitative estimate of drug-likeness (QED) is 0.660. The monoisotopic (exact) mass is 400 g/mol. The minimum absolute atomic E-state index is 0.0431. The van der Waals surface area contributed by atoms with Crippen molar-refractivity contribution < 1.29 is 9.53 Å². The molecule has 0 bridgehead atoms. The summed E-state index contributed by atoms with van der Waals surface area (Å²) in [5.74, 6) is -0.0431. The Labute approximate surface area is 165 Å². The van der Waals surface area contributed by atoms with Crippen LogP contribution in [0.3, 0.4) is 0 Å². The van der Waals surface area contributed by atoms with Gasteiger partial charge in [-0.2, -0.15) is 0 Å². The molecule has 4 rings (SSSR count). The number of ether oxygens (including phenoxy) is 1. The number of carbonyl (C=O) groups excluding carboxylic acids is 1. The van der Waals surface area contributed by atoms with Crippen LogP contribution in [0.1, 0.15) is 6.92 Å². The SMILES string of the molecule is CC(Sc1nnc(N2CCOCC2)s1)C(=O)Nc1ccc2ccccc2c1. The Hall–Kier alpha value is -2.16. The average Bonchev–Trinajstić information content (AvgIpc) is 3.17. The predicted molar refractivity (Wildman–Crippen MR) is 111 cm³/mol. The van der Waals surface area contributed by atoms with Crippen molar-refractivity contribution in [2.75, 3.05) is 36.5 Å². The molecular formula is C19H20N4O2S2. The largest absolute Gasteiger partial charge is 0.378 e. The van der Waals surface area contributed by atoms with Crippen LogP contribution in [-0.2, 0) is 9.53 Å². The van der Waals surface area contributed by atoms with Crippen molar-refractivity contribution in [2.45, 2.75) is 16.5 Å². The molecule has 6 nitrogen and oxygen atoms in total. The molecule has 1 aliphatic rings. The van der Waals surface area contributed by atoms with Crippen LogP contribution < -0.4 is 10.2 Å². The van der Waals surface area contributed by atoms with Crippen LogP contribution in [-0.4, -0.2) is 47.7 Å². The van der Waals surface area contributed by atoms with E-state index in [-0.39, 0.29) is 11.2 Å². The summed E-state index contributed by atoms with van der Waals surface area (Å²) in [5, 5.41) is 14.4. The number of benzene rings is 2. The van der Waals surface area contributed by atoms with Gasteiger partial charge >= 0.3 is 0 Å². The average molecular weight is 401 g/mol. The molecule has 0 spiro atoms. The Morgan fingerprint density at radius 2 is 1.96 bits per heavy atom. The van der Waals surface area contributed by atoms with Gasteiger partial charge in [-0.05, 0) is 29.8 Å². The highest BCUT2D eigenvalue weighted by Crippen LogP contribution is 2.31. The Kier molecular flexibility index (Phi) is 5.56. The third-order valence-corrected chi connectivity index (χ3v) is 6.51. The van der Waals surface area contributed by atoms with Gasteiger partial charge < -0.3 is 15.0 Å². The van der Waals surface area contributed by atoms with Crippen LogP contribution in [0.15, 0.2) is 46.8 Å². The van der Waals surface area contributed by atoms with Crippen LogP contribution in [0.4, 0.5) is 10.8 Å². The van der Waals surface area contributed by atoms with E-state index in [4.69, 9.17) is 4.74 Å². The molecule has 1 aromatic heterocycles. The lowest BCUT2D eigenvalue weighted by atomic mass is 10.1. The Balaban J connectivity index is 1.38. The van der Waals surface area contributed by atoms with Gasteiger partial charge in [0.05, 0.1) is 18.5 Å². The summed E-state index contributed by atoms with van der Waals surface area (Å²) in [6.07, 6.45) is 0. The standard InChI is InChI=1S/C19H20N4O2S2/c1-13(26-19-22-21-18(27-19)23-8-10-25-11-9-23)17(24)20-16-7-6-14-4-2-3-5-15(14)12-16/h2-7,12-13H,8-11H2,1H3,(H,20,24). The number of thioether (sulfide) groups is 1. The highest BCUT2D eigenvalue weighted by Gasteiger charge is 2.20. The first-order valence-corrected chi connectivity index (χ1v) is 10.5. The maximum atomic E-state index is 12.6. The van der Waals surface area contributed by atoms with Crippen molar-refractivity contribution in [3.63, 3.8) is 0 Å². The zero-order chi connectivity index (χ0) is 18.6. The van der Waals surface area contributed by atoms with Gasteiger partial charge in [0.15, 0.2) is 4.34 Å². The summed E-state index contributed by atoms with van der Waals surface area (Å²) >= 11 is 2.96. The molecule has 140 valence electrons. The van der Waals surface area contributed by atoms with E-state index < -0.39 is 0 Å². The number of anilines is 2. The van der Waals surface area contributed by atoms with E-state index >= 15 is 0 Å². The van der Waals surface area contributed by atoms with E-state index in [1.807, 2.05) is 43.3 Å². The van der Waals surface area contributed by atoms with E-state index in [0.29, 0.717) is 13.2 Å². The number of carbonyl (C=O) groups is 1. The van der Waals surface area contributed by atoms with Crippen LogP contribution >= 0.6 is 23.1 Å². The second-order valence-corrected chi connectivity index (χ2v) is 8.81. The molecule has 3 aromatic rings.